The number of nitrogen functional groups attached to an aromatic ring is 1. The molecule has 0 saturated heterocycles. The summed E-state index contributed by atoms with van der Waals surface area (Å²) >= 11 is 0. The zero-order chi connectivity index (χ0) is 13.5. The van der Waals surface area contributed by atoms with E-state index < -0.39 is 0 Å². The number of nitrogens with two attached hydrogens (primary N) is 1. The van der Waals surface area contributed by atoms with E-state index in [4.69, 9.17) is 10.5 Å². The molecule has 0 amide bonds. The van der Waals surface area contributed by atoms with Gasteiger partial charge in [-0.25, -0.2) is 4.39 Å². The molecule has 102 valence electrons. The van der Waals surface area contributed by atoms with E-state index in [2.05, 4.69) is 18.7 Å². The van der Waals surface area contributed by atoms with Crippen LogP contribution in [0.4, 0.5) is 15.8 Å². The maximum Gasteiger partial charge on any atom is 0.125 e. The van der Waals surface area contributed by atoms with E-state index in [0.717, 1.165) is 25.1 Å². The lowest BCUT2D eigenvalue weighted by molar-refractivity contribution is 0.202. The number of halogens is 1. The minimum absolute atomic E-state index is 0.299. The van der Waals surface area contributed by atoms with Gasteiger partial charge in [0.1, 0.15) is 5.82 Å². The molecule has 0 aliphatic carbocycles. The van der Waals surface area contributed by atoms with Crippen LogP contribution >= 0.6 is 0 Å². The predicted molar refractivity (Wildman–Crippen MR) is 74.4 cm³/mol. The van der Waals surface area contributed by atoms with Gasteiger partial charge in [0, 0.05) is 19.7 Å². The van der Waals surface area contributed by atoms with Gasteiger partial charge in [0.2, 0.25) is 0 Å². The molecular formula is C14H23FN2O. The lowest BCUT2D eigenvalue weighted by Crippen LogP contribution is -2.37. The largest absolute Gasteiger partial charge is 0.397 e. The zero-order valence-corrected chi connectivity index (χ0v) is 11.4. The molecule has 1 aromatic carbocycles. The molecule has 1 rings (SSSR count). The van der Waals surface area contributed by atoms with Crippen LogP contribution < -0.4 is 10.6 Å². The maximum absolute atomic E-state index is 13.1. The summed E-state index contributed by atoms with van der Waals surface area (Å²) in [6, 6.07) is 4.97. The minimum atomic E-state index is -0.299. The Bertz CT molecular complexity index is 367. The first-order valence-electron chi connectivity index (χ1n) is 6.44. The van der Waals surface area contributed by atoms with Gasteiger partial charge < -0.3 is 15.4 Å². The van der Waals surface area contributed by atoms with Crippen LogP contribution in [0, 0.1) is 5.82 Å². The Balaban J connectivity index is 3.00. The van der Waals surface area contributed by atoms with Gasteiger partial charge in [0.05, 0.1) is 18.0 Å². The quantitative estimate of drug-likeness (QED) is 0.760. The number of hydrogen-bond donors (Lipinski definition) is 1. The van der Waals surface area contributed by atoms with Crippen molar-refractivity contribution in [3.8, 4) is 0 Å². The minimum Gasteiger partial charge on any atom is -0.397 e. The van der Waals surface area contributed by atoms with E-state index in [9.17, 15) is 4.39 Å². The lowest BCUT2D eigenvalue weighted by atomic mass is 10.1. The Morgan fingerprint density at radius 2 is 2.00 bits per heavy atom. The van der Waals surface area contributed by atoms with Crippen LogP contribution in [-0.2, 0) is 4.74 Å². The molecule has 0 atom stereocenters. The summed E-state index contributed by atoms with van der Waals surface area (Å²) in [6.45, 7) is 5.69. The van der Waals surface area contributed by atoms with Crippen molar-refractivity contribution in [3.05, 3.63) is 24.0 Å². The van der Waals surface area contributed by atoms with Crippen molar-refractivity contribution in [2.75, 3.05) is 30.9 Å². The zero-order valence-electron chi connectivity index (χ0n) is 11.4. The summed E-state index contributed by atoms with van der Waals surface area (Å²) in [6.07, 6.45) is 2.05. The average molecular weight is 254 g/mol. The van der Waals surface area contributed by atoms with Crippen LogP contribution in [0.15, 0.2) is 18.2 Å². The first-order valence-corrected chi connectivity index (χ1v) is 6.44. The Labute approximate surface area is 109 Å². The van der Waals surface area contributed by atoms with E-state index in [1.807, 2.05) is 0 Å². The van der Waals surface area contributed by atoms with Gasteiger partial charge in [-0.15, -0.1) is 0 Å². The maximum atomic E-state index is 13.1. The number of hydrogen-bond acceptors (Lipinski definition) is 3. The number of benzene rings is 1. The molecular weight excluding hydrogens is 231 g/mol. The van der Waals surface area contributed by atoms with E-state index in [0.29, 0.717) is 18.3 Å². The van der Waals surface area contributed by atoms with Gasteiger partial charge >= 0.3 is 0 Å². The molecule has 0 saturated carbocycles. The molecule has 1 aromatic rings. The smallest absolute Gasteiger partial charge is 0.125 e. The van der Waals surface area contributed by atoms with Crippen LogP contribution in [0.3, 0.4) is 0 Å². The molecule has 2 N–H and O–H groups in total. The van der Waals surface area contributed by atoms with Gasteiger partial charge in [-0.3, -0.25) is 0 Å². The highest BCUT2D eigenvalue weighted by Crippen LogP contribution is 2.27. The third kappa shape index (κ3) is 3.60. The molecule has 0 aromatic heterocycles. The SMILES string of the molecule is CCC(CC)N(CCOC)c1ccc(F)cc1N. The van der Waals surface area contributed by atoms with Gasteiger partial charge in [-0.1, -0.05) is 13.8 Å². The number of rotatable bonds is 7. The van der Waals surface area contributed by atoms with Gasteiger partial charge in [0.25, 0.3) is 0 Å². The number of methoxy groups -OCH3 is 1. The second-order valence-electron chi connectivity index (χ2n) is 4.36. The first-order chi connectivity index (χ1) is 8.63. The fourth-order valence-electron chi connectivity index (χ4n) is 2.21. The monoisotopic (exact) mass is 254 g/mol. The van der Waals surface area contributed by atoms with Crippen LogP contribution in [0.25, 0.3) is 0 Å². The Kier molecular flexibility index (Phi) is 5.92. The summed E-state index contributed by atoms with van der Waals surface area (Å²) < 4.78 is 18.2. The van der Waals surface area contributed by atoms with Crippen molar-refractivity contribution in [1.29, 1.82) is 0 Å². The van der Waals surface area contributed by atoms with Crippen molar-refractivity contribution < 1.29 is 9.13 Å². The number of nitrogens with zero attached hydrogens (tertiary/aromatic N) is 1. The number of anilines is 2. The predicted octanol–water partition coefficient (Wildman–Crippen LogP) is 3.05. The van der Waals surface area contributed by atoms with Crippen molar-refractivity contribution in [2.24, 2.45) is 0 Å². The fraction of sp³-hybridized carbons (Fsp3) is 0.571. The standard InChI is InChI=1S/C14H23FN2O/c1-4-12(5-2)17(8-9-18-3)14-7-6-11(15)10-13(14)16/h6-7,10,12H,4-5,8-9,16H2,1-3H3. The molecule has 0 bridgehead atoms. The van der Waals surface area contributed by atoms with Crippen LogP contribution in [0.1, 0.15) is 26.7 Å². The van der Waals surface area contributed by atoms with Crippen LogP contribution in [0.5, 0.6) is 0 Å². The van der Waals surface area contributed by atoms with E-state index in [-0.39, 0.29) is 5.82 Å². The highest BCUT2D eigenvalue weighted by Gasteiger charge is 2.17. The van der Waals surface area contributed by atoms with Crippen molar-refractivity contribution >= 4 is 11.4 Å². The number of ether oxygens (including phenoxy) is 1. The van der Waals surface area contributed by atoms with Crippen LogP contribution in [0.2, 0.25) is 0 Å². The van der Waals surface area contributed by atoms with Gasteiger partial charge in [-0.2, -0.15) is 0 Å². The lowest BCUT2D eigenvalue weighted by Gasteiger charge is -2.33. The molecule has 0 fully saturated rings. The Morgan fingerprint density at radius 3 is 2.50 bits per heavy atom. The fourth-order valence-corrected chi connectivity index (χ4v) is 2.21. The molecule has 3 nitrogen and oxygen atoms in total. The summed E-state index contributed by atoms with van der Waals surface area (Å²) in [4.78, 5) is 2.21. The molecule has 18 heavy (non-hydrogen) atoms. The third-order valence-electron chi connectivity index (χ3n) is 3.22. The summed E-state index contributed by atoms with van der Waals surface area (Å²) in [7, 11) is 1.68. The van der Waals surface area contributed by atoms with E-state index in [1.165, 1.54) is 12.1 Å². The molecule has 0 unspecified atom stereocenters. The topological polar surface area (TPSA) is 38.5 Å². The Hall–Kier alpha value is -1.29. The summed E-state index contributed by atoms with van der Waals surface area (Å²) in [5.74, 6) is -0.299. The second-order valence-corrected chi connectivity index (χ2v) is 4.36. The van der Waals surface area contributed by atoms with Crippen LogP contribution in [-0.4, -0.2) is 26.3 Å². The average Bonchev–Trinajstić information content (AvgIpc) is 2.35. The highest BCUT2D eigenvalue weighted by atomic mass is 19.1. The van der Waals surface area contributed by atoms with E-state index >= 15 is 0 Å². The van der Waals surface area contributed by atoms with Gasteiger partial charge in [0.15, 0.2) is 0 Å². The highest BCUT2D eigenvalue weighted by molar-refractivity contribution is 5.68. The van der Waals surface area contributed by atoms with Crippen molar-refractivity contribution in [2.45, 2.75) is 32.7 Å². The summed E-state index contributed by atoms with van der Waals surface area (Å²) in [5.41, 5.74) is 7.29. The third-order valence-corrected chi connectivity index (χ3v) is 3.22. The Morgan fingerprint density at radius 1 is 1.33 bits per heavy atom. The normalized spacial score (nSPS) is 10.9. The molecule has 0 heterocycles. The molecule has 0 aliphatic rings. The summed E-state index contributed by atoms with van der Waals surface area (Å²) in [5, 5.41) is 0. The molecule has 4 heteroatoms. The molecule has 0 spiro atoms. The molecule has 0 aliphatic heterocycles. The van der Waals surface area contributed by atoms with Gasteiger partial charge in [-0.05, 0) is 31.0 Å². The van der Waals surface area contributed by atoms with Crippen molar-refractivity contribution in [1.82, 2.24) is 0 Å². The first kappa shape index (κ1) is 14.8. The second kappa shape index (κ2) is 7.21. The van der Waals surface area contributed by atoms with Crippen molar-refractivity contribution in [3.63, 3.8) is 0 Å². The van der Waals surface area contributed by atoms with E-state index in [1.54, 1.807) is 13.2 Å². The molecule has 0 radical (unpaired) electrons.